The molecule has 2 aromatic carbocycles. The van der Waals surface area contributed by atoms with Crippen molar-refractivity contribution in [2.24, 2.45) is 0 Å². The van der Waals surface area contributed by atoms with Crippen molar-refractivity contribution in [1.82, 2.24) is 15.2 Å². The number of likely N-dealkylation sites (N-methyl/N-ethyl adjacent to an activating group) is 1. The molecule has 5 nitrogen and oxygen atoms in total. The number of halogens is 1. The van der Waals surface area contributed by atoms with Gasteiger partial charge in [-0.25, -0.2) is 4.98 Å². The molecule has 146 valence electrons. The van der Waals surface area contributed by atoms with Crippen molar-refractivity contribution in [3.05, 3.63) is 88.7 Å². The SMILES string of the molecule is CN1C(=N)N[C@](C)(c2ccnc(Br)c2)[C@@H](c2ccc(-c3ccccc3)cc2)C1=O. The van der Waals surface area contributed by atoms with Gasteiger partial charge in [0.05, 0.1) is 11.5 Å². The summed E-state index contributed by atoms with van der Waals surface area (Å²) in [6, 6.07) is 22.0. The smallest absolute Gasteiger partial charge is 0.239 e. The Bertz CT molecular complexity index is 1070. The second-order valence-corrected chi connectivity index (χ2v) is 8.17. The lowest BCUT2D eigenvalue weighted by molar-refractivity contribution is -0.131. The van der Waals surface area contributed by atoms with Gasteiger partial charge in [0.2, 0.25) is 5.91 Å². The number of rotatable bonds is 3. The molecule has 0 spiro atoms. The summed E-state index contributed by atoms with van der Waals surface area (Å²) < 4.78 is 0.689. The second kappa shape index (κ2) is 7.44. The van der Waals surface area contributed by atoms with Crippen LogP contribution in [0.5, 0.6) is 0 Å². The molecule has 0 bridgehead atoms. The summed E-state index contributed by atoms with van der Waals surface area (Å²) in [5.41, 5.74) is 3.24. The molecule has 2 atom stereocenters. The van der Waals surface area contributed by atoms with Crippen molar-refractivity contribution in [3.8, 4) is 11.1 Å². The normalized spacial score (nSPS) is 21.8. The lowest BCUT2D eigenvalue weighted by Gasteiger charge is -2.45. The van der Waals surface area contributed by atoms with Crippen LogP contribution in [-0.4, -0.2) is 28.8 Å². The van der Waals surface area contributed by atoms with Crippen LogP contribution in [0, 0.1) is 5.41 Å². The third-order valence-corrected chi connectivity index (χ3v) is 5.98. The Balaban J connectivity index is 1.79. The van der Waals surface area contributed by atoms with Gasteiger partial charge in [-0.1, -0.05) is 54.6 Å². The average Bonchev–Trinajstić information content (AvgIpc) is 2.73. The summed E-state index contributed by atoms with van der Waals surface area (Å²) in [5.74, 6) is -0.514. The Hall–Kier alpha value is -2.99. The van der Waals surface area contributed by atoms with Gasteiger partial charge in [-0.05, 0) is 57.2 Å². The fourth-order valence-corrected chi connectivity index (χ4v) is 4.26. The van der Waals surface area contributed by atoms with Gasteiger partial charge in [-0.2, -0.15) is 0 Å². The van der Waals surface area contributed by atoms with Gasteiger partial charge in [-0.15, -0.1) is 0 Å². The van der Waals surface area contributed by atoms with E-state index in [1.807, 2.05) is 61.5 Å². The number of pyridine rings is 1. The van der Waals surface area contributed by atoms with E-state index in [1.165, 1.54) is 4.90 Å². The molecule has 0 aliphatic carbocycles. The van der Waals surface area contributed by atoms with E-state index < -0.39 is 11.5 Å². The Morgan fingerprint density at radius 3 is 2.38 bits per heavy atom. The molecule has 6 heteroatoms. The maximum absolute atomic E-state index is 13.3. The lowest BCUT2D eigenvalue weighted by atomic mass is 9.73. The summed E-state index contributed by atoms with van der Waals surface area (Å²) in [7, 11) is 1.63. The predicted molar refractivity (Wildman–Crippen MR) is 118 cm³/mol. The third kappa shape index (κ3) is 3.44. The number of guanidine groups is 1. The van der Waals surface area contributed by atoms with Crippen LogP contribution in [0.15, 0.2) is 77.5 Å². The van der Waals surface area contributed by atoms with Crippen LogP contribution in [0.4, 0.5) is 0 Å². The van der Waals surface area contributed by atoms with Gasteiger partial charge >= 0.3 is 0 Å². The molecule has 29 heavy (non-hydrogen) atoms. The Morgan fingerprint density at radius 1 is 1.07 bits per heavy atom. The molecule has 2 N–H and O–H groups in total. The predicted octanol–water partition coefficient (Wildman–Crippen LogP) is 4.51. The van der Waals surface area contributed by atoms with Crippen molar-refractivity contribution >= 4 is 27.8 Å². The van der Waals surface area contributed by atoms with E-state index in [1.54, 1.807) is 13.2 Å². The zero-order valence-electron chi connectivity index (χ0n) is 16.2. The molecule has 4 rings (SSSR count). The van der Waals surface area contributed by atoms with E-state index in [4.69, 9.17) is 5.41 Å². The number of aromatic nitrogens is 1. The largest absolute Gasteiger partial charge is 0.346 e. The molecular formula is C23H21BrN4O. The molecule has 0 saturated carbocycles. The van der Waals surface area contributed by atoms with Crippen LogP contribution in [-0.2, 0) is 10.3 Å². The number of hydrogen-bond donors (Lipinski definition) is 2. The zero-order chi connectivity index (χ0) is 20.6. The van der Waals surface area contributed by atoms with Crippen LogP contribution in [0.1, 0.15) is 24.0 Å². The van der Waals surface area contributed by atoms with Crippen molar-refractivity contribution in [2.45, 2.75) is 18.4 Å². The second-order valence-electron chi connectivity index (χ2n) is 7.36. The van der Waals surface area contributed by atoms with E-state index in [9.17, 15) is 4.79 Å². The number of amides is 1. The van der Waals surface area contributed by atoms with Crippen LogP contribution < -0.4 is 5.32 Å². The molecule has 1 aromatic heterocycles. The first-order chi connectivity index (χ1) is 13.9. The van der Waals surface area contributed by atoms with E-state index in [2.05, 4.69) is 38.4 Å². The number of carbonyl (C=O) groups excluding carboxylic acids is 1. The molecule has 1 amide bonds. The van der Waals surface area contributed by atoms with Crippen molar-refractivity contribution < 1.29 is 4.79 Å². The third-order valence-electron chi connectivity index (χ3n) is 5.55. The van der Waals surface area contributed by atoms with E-state index in [-0.39, 0.29) is 11.9 Å². The number of hydrogen-bond acceptors (Lipinski definition) is 3. The molecule has 1 fully saturated rings. The molecule has 1 aliphatic rings. The van der Waals surface area contributed by atoms with Crippen LogP contribution in [0.25, 0.3) is 11.1 Å². The molecule has 3 aromatic rings. The summed E-state index contributed by atoms with van der Waals surface area (Å²) in [6.07, 6.45) is 1.70. The Labute approximate surface area is 178 Å². The van der Waals surface area contributed by atoms with Gasteiger partial charge in [0.15, 0.2) is 5.96 Å². The van der Waals surface area contributed by atoms with Crippen LogP contribution in [0.2, 0.25) is 0 Å². The Morgan fingerprint density at radius 2 is 1.72 bits per heavy atom. The highest BCUT2D eigenvalue weighted by Crippen LogP contribution is 2.41. The van der Waals surface area contributed by atoms with Gasteiger partial charge in [-0.3, -0.25) is 15.1 Å². The topological polar surface area (TPSA) is 69.1 Å². The molecule has 0 radical (unpaired) electrons. The molecule has 1 aliphatic heterocycles. The molecular weight excluding hydrogens is 428 g/mol. The van der Waals surface area contributed by atoms with Gasteiger partial charge in [0.25, 0.3) is 0 Å². The molecule has 1 saturated heterocycles. The minimum absolute atomic E-state index is 0.0857. The Kier molecular flexibility index (Phi) is 4.96. The van der Waals surface area contributed by atoms with E-state index in [0.29, 0.717) is 4.60 Å². The fraction of sp³-hybridized carbons (Fsp3) is 0.174. The molecule has 2 heterocycles. The monoisotopic (exact) mass is 448 g/mol. The van der Waals surface area contributed by atoms with Crippen molar-refractivity contribution in [3.63, 3.8) is 0 Å². The highest BCUT2D eigenvalue weighted by molar-refractivity contribution is 9.10. The minimum Gasteiger partial charge on any atom is -0.346 e. The first-order valence-corrected chi connectivity index (χ1v) is 10.1. The highest BCUT2D eigenvalue weighted by Gasteiger charge is 2.48. The fourth-order valence-electron chi connectivity index (χ4n) is 3.89. The van der Waals surface area contributed by atoms with Gasteiger partial charge in [0.1, 0.15) is 4.60 Å². The maximum atomic E-state index is 13.3. The number of nitrogens with zero attached hydrogens (tertiary/aromatic N) is 2. The minimum atomic E-state index is -0.777. The zero-order valence-corrected chi connectivity index (χ0v) is 17.8. The molecule has 0 unspecified atom stereocenters. The van der Waals surface area contributed by atoms with Crippen LogP contribution >= 0.6 is 15.9 Å². The van der Waals surface area contributed by atoms with Crippen LogP contribution in [0.3, 0.4) is 0 Å². The van der Waals surface area contributed by atoms with Gasteiger partial charge < -0.3 is 5.32 Å². The first-order valence-electron chi connectivity index (χ1n) is 9.32. The number of nitrogens with one attached hydrogen (secondary N) is 2. The standard InChI is InChI=1S/C23H21BrN4O/c1-23(18-12-13-26-19(24)14-18)20(21(29)28(2)22(25)27-23)17-10-8-16(9-11-17)15-6-4-3-5-7-15/h3-14,20H,1-2H3,(H2,25,27)/t20-,23+/m0/s1. The van der Waals surface area contributed by atoms with Crippen molar-refractivity contribution in [1.29, 1.82) is 5.41 Å². The number of benzene rings is 2. The summed E-state index contributed by atoms with van der Waals surface area (Å²) >= 11 is 3.42. The number of carbonyl (C=O) groups is 1. The lowest BCUT2D eigenvalue weighted by Crippen LogP contribution is -2.62. The van der Waals surface area contributed by atoms with Gasteiger partial charge in [0, 0.05) is 13.2 Å². The van der Waals surface area contributed by atoms with E-state index in [0.717, 1.165) is 22.3 Å². The first kappa shape index (κ1) is 19.3. The maximum Gasteiger partial charge on any atom is 0.239 e. The summed E-state index contributed by atoms with van der Waals surface area (Å²) in [4.78, 5) is 18.9. The average molecular weight is 449 g/mol. The summed E-state index contributed by atoms with van der Waals surface area (Å²) in [6.45, 7) is 1.96. The van der Waals surface area contributed by atoms with E-state index >= 15 is 0 Å². The summed E-state index contributed by atoms with van der Waals surface area (Å²) in [5, 5.41) is 11.5. The highest BCUT2D eigenvalue weighted by atomic mass is 79.9. The quantitative estimate of drug-likeness (QED) is 0.579. The van der Waals surface area contributed by atoms with Crippen molar-refractivity contribution in [2.75, 3.05) is 7.05 Å².